The second kappa shape index (κ2) is 9.12. The van der Waals surface area contributed by atoms with Gasteiger partial charge in [0.15, 0.2) is 5.65 Å². The molecule has 0 spiro atoms. The normalized spacial score (nSPS) is 20.7. The molecule has 3 aromatic heterocycles. The molecule has 0 unspecified atom stereocenters. The SMILES string of the molecule is COC(=O)CN(C=O)c1ccc(Cl)nc1C1(C)CCC(Oc2cnc3[nH]ncc3c2)CC1. The van der Waals surface area contributed by atoms with Crippen molar-refractivity contribution in [3.63, 3.8) is 0 Å². The first-order chi connectivity index (χ1) is 15.4. The van der Waals surface area contributed by atoms with Gasteiger partial charge in [0.2, 0.25) is 6.41 Å². The zero-order valence-corrected chi connectivity index (χ0v) is 18.6. The van der Waals surface area contributed by atoms with Gasteiger partial charge < -0.3 is 14.4 Å². The molecule has 1 saturated carbocycles. The number of aromatic nitrogens is 4. The number of amides is 1. The van der Waals surface area contributed by atoms with Crippen LogP contribution in [0.1, 0.15) is 38.3 Å². The van der Waals surface area contributed by atoms with Crippen molar-refractivity contribution >= 4 is 40.7 Å². The van der Waals surface area contributed by atoms with Crippen molar-refractivity contribution in [2.24, 2.45) is 0 Å². The highest BCUT2D eigenvalue weighted by Gasteiger charge is 2.37. The number of methoxy groups -OCH3 is 1. The third kappa shape index (κ3) is 4.52. The number of hydrogen-bond acceptors (Lipinski definition) is 7. The van der Waals surface area contributed by atoms with Crippen molar-refractivity contribution in [1.82, 2.24) is 20.2 Å². The molecule has 1 amide bonds. The van der Waals surface area contributed by atoms with Crippen molar-refractivity contribution < 1.29 is 19.1 Å². The molecule has 0 aliphatic heterocycles. The molecule has 1 aliphatic rings. The standard InChI is InChI=1S/C22H24ClN5O4/c1-22(20-17(3-4-18(23)26-20)28(13-29)12-19(30)31-2)7-5-15(6-8-22)32-16-9-14-10-25-27-21(14)24-11-16/h3-4,9-11,13,15H,5-8,12H2,1-2H3,(H,24,25,27). The van der Waals surface area contributed by atoms with Crippen LogP contribution in [0, 0.1) is 0 Å². The molecule has 1 aliphatic carbocycles. The van der Waals surface area contributed by atoms with Gasteiger partial charge in [0.25, 0.3) is 0 Å². The summed E-state index contributed by atoms with van der Waals surface area (Å²) in [6.07, 6.45) is 7.22. The fraction of sp³-hybridized carbons (Fsp3) is 0.409. The fourth-order valence-electron chi connectivity index (χ4n) is 4.14. The summed E-state index contributed by atoms with van der Waals surface area (Å²) >= 11 is 6.20. The van der Waals surface area contributed by atoms with Crippen molar-refractivity contribution in [2.75, 3.05) is 18.6 Å². The third-order valence-corrected chi connectivity index (χ3v) is 6.19. The molecule has 9 nitrogen and oxygen atoms in total. The lowest BCUT2D eigenvalue weighted by Gasteiger charge is -2.38. The summed E-state index contributed by atoms with van der Waals surface area (Å²) in [6, 6.07) is 5.26. The number of hydrogen-bond donors (Lipinski definition) is 1. The minimum absolute atomic E-state index is 0.0362. The zero-order chi connectivity index (χ0) is 22.7. The molecule has 4 rings (SSSR count). The van der Waals surface area contributed by atoms with Crippen LogP contribution < -0.4 is 9.64 Å². The van der Waals surface area contributed by atoms with Crippen LogP contribution in [-0.4, -0.2) is 52.3 Å². The van der Waals surface area contributed by atoms with Gasteiger partial charge in [0.1, 0.15) is 17.4 Å². The summed E-state index contributed by atoms with van der Waals surface area (Å²) in [5, 5.41) is 8.05. The number of aromatic amines is 1. The maximum absolute atomic E-state index is 11.8. The molecule has 0 aromatic carbocycles. The first-order valence-electron chi connectivity index (χ1n) is 10.3. The summed E-state index contributed by atoms with van der Waals surface area (Å²) in [4.78, 5) is 33.7. The molecule has 10 heteroatoms. The van der Waals surface area contributed by atoms with E-state index in [-0.39, 0.29) is 18.1 Å². The zero-order valence-electron chi connectivity index (χ0n) is 17.9. The van der Waals surface area contributed by atoms with Gasteiger partial charge in [-0.3, -0.25) is 14.7 Å². The fourth-order valence-corrected chi connectivity index (χ4v) is 4.29. The van der Waals surface area contributed by atoms with E-state index in [1.54, 1.807) is 24.5 Å². The van der Waals surface area contributed by atoms with Crippen LogP contribution in [0.2, 0.25) is 5.15 Å². The van der Waals surface area contributed by atoms with E-state index in [9.17, 15) is 9.59 Å². The average Bonchev–Trinajstić information content (AvgIpc) is 3.27. The highest BCUT2D eigenvalue weighted by Crippen LogP contribution is 2.43. The van der Waals surface area contributed by atoms with Gasteiger partial charge >= 0.3 is 5.97 Å². The van der Waals surface area contributed by atoms with E-state index in [2.05, 4.69) is 27.1 Å². The highest BCUT2D eigenvalue weighted by atomic mass is 35.5. The monoisotopic (exact) mass is 457 g/mol. The lowest BCUT2D eigenvalue weighted by Crippen LogP contribution is -2.37. The molecular formula is C22H24ClN5O4. The van der Waals surface area contributed by atoms with Gasteiger partial charge in [-0.2, -0.15) is 5.10 Å². The summed E-state index contributed by atoms with van der Waals surface area (Å²) in [6.45, 7) is 1.91. The quantitative estimate of drug-likeness (QED) is 0.328. The Labute approximate surface area is 190 Å². The number of fused-ring (bicyclic) bond motifs is 1. The van der Waals surface area contributed by atoms with Crippen molar-refractivity contribution in [3.05, 3.63) is 41.4 Å². The summed E-state index contributed by atoms with van der Waals surface area (Å²) in [7, 11) is 1.29. The lowest BCUT2D eigenvalue weighted by molar-refractivity contribution is -0.139. The number of nitrogens with zero attached hydrogens (tertiary/aromatic N) is 4. The molecule has 0 saturated heterocycles. The average molecular weight is 458 g/mol. The Kier molecular flexibility index (Phi) is 6.27. The predicted molar refractivity (Wildman–Crippen MR) is 119 cm³/mol. The smallest absolute Gasteiger partial charge is 0.325 e. The number of nitrogens with one attached hydrogen (secondary N) is 1. The number of H-pyrrole nitrogens is 1. The number of esters is 1. The van der Waals surface area contributed by atoms with Crippen LogP contribution in [0.4, 0.5) is 5.69 Å². The second-order valence-corrected chi connectivity index (χ2v) is 8.56. The molecule has 0 radical (unpaired) electrons. The van der Waals surface area contributed by atoms with Crippen LogP contribution in [0.15, 0.2) is 30.6 Å². The first-order valence-corrected chi connectivity index (χ1v) is 10.7. The highest BCUT2D eigenvalue weighted by molar-refractivity contribution is 6.29. The Hall–Kier alpha value is -3.20. The number of carbonyl (C=O) groups is 2. The number of rotatable bonds is 7. The van der Waals surface area contributed by atoms with E-state index < -0.39 is 5.97 Å². The van der Waals surface area contributed by atoms with Gasteiger partial charge in [0.05, 0.1) is 37.0 Å². The molecule has 32 heavy (non-hydrogen) atoms. The van der Waals surface area contributed by atoms with Crippen LogP contribution in [0.5, 0.6) is 5.75 Å². The number of pyridine rings is 2. The Bertz CT molecular complexity index is 1130. The van der Waals surface area contributed by atoms with Gasteiger partial charge in [-0.15, -0.1) is 0 Å². The van der Waals surface area contributed by atoms with Gasteiger partial charge in [0, 0.05) is 10.8 Å². The van der Waals surface area contributed by atoms with E-state index >= 15 is 0 Å². The molecule has 3 heterocycles. The van der Waals surface area contributed by atoms with E-state index in [0.717, 1.165) is 36.7 Å². The van der Waals surface area contributed by atoms with E-state index in [1.807, 2.05) is 6.07 Å². The number of anilines is 1. The third-order valence-electron chi connectivity index (χ3n) is 5.98. The Balaban J connectivity index is 1.51. The Morgan fingerprint density at radius 2 is 2.12 bits per heavy atom. The predicted octanol–water partition coefficient (Wildman–Crippen LogP) is 3.42. The number of ether oxygens (including phenoxy) is 2. The Morgan fingerprint density at radius 1 is 1.34 bits per heavy atom. The first kappa shape index (κ1) is 22.0. The summed E-state index contributed by atoms with van der Waals surface area (Å²) < 4.78 is 10.9. The van der Waals surface area contributed by atoms with Crippen molar-refractivity contribution in [1.29, 1.82) is 0 Å². The van der Waals surface area contributed by atoms with Gasteiger partial charge in [-0.1, -0.05) is 18.5 Å². The summed E-state index contributed by atoms with van der Waals surface area (Å²) in [5.74, 6) is 0.197. The number of carbonyl (C=O) groups excluding carboxylic acids is 2. The molecule has 1 fully saturated rings. The maximum atomic E-state index is 11.8. The molecule has 1 N–H and O–H groups in total. The lowest BCUT2D eigenvalue weighted by atomic mass is 9.71. The van der Waals surface area contributed by atoms with E-state index in [1.165, 1.54) is 12.0 Å². The van der Waals surface area contributed by atoms with E-state index in [4.69, 9.17) is 21.1 Å². The van der Waals surface area contributed by atoms with Crippen molar-refractivity contribution in [2.45, 2.75) is 44.1 Å². The van der Waals surface area contributed by atoms with Gasteiger partial charge in [-0.05, 0) is 43.9 Å². The maximum Gasteiger partial charge on any atom is 0.325 e. The van der Waals surface area contributed by atoms with Crippen molar-refractivity contribution in [3.8, 4) is 5.75 Å². The summed E-state index contributed by atoms with van der Waals surface area (Å²) in [5.41, 5.74) is 1.65. The number of halogens is 1. The van der Waals surface area contributed by atoms with Crippen LogP contribution >= 0.6 is 11.6 Å². The van der Waals surface area contributed by atoms with Crippen LogP contribution in [-0.2, 0) is 19.7 Å². The topological polar surface area (TPSA) is 110 Å². The molecule has 3 aromatic rings. The minimum Gasteiger partial charge on any atom is -0.489 e. The van der Waals surface area contributed by atoms with Gasteiger partial charge in [-0.25, -0.2) is 9.97 Å². The van der Waals surface area contributed by atoms with E-state index in [0.29, 0.717) is 28.7 Å². The molecule has 0 atom stereocenters. The molecular weight excluding hydrogens is 434 g/mol. The molecule has 168 valence electrons. The second-order valence-electron chi connectivity index (χ2n) is 8.17. The van der Waals surface area contributed by atoms with Crippen LogP contribution in [0.3, 0.4) is 0 Å². The minimum atomic E-state index is -0.511. The molecule has 0 bridgehead atoms. The Morgan fingerprint density at radius 3 is 2.84 bits per heavy atom. The van der Waals surface area contributed by atoms with Crippen LogP contribution in [0.25, 0.3) is 11.0 Å². The largest absolute Gasteiger partial charge is 0.489 e.